The molecule has 0 saturated heterocycles. The summed E-state index contributed by atoms with van der Waals surface area (Å²) < 4.78 is 5.14. The second-order valence-electron chi connectivity index (χ2n) is 3.40. The fourth-order valence-electron chi connectivity index (χ4n) is 0.926. The van der Waals surface area contributed by atoms with Gasteiger partial charge in [0.1, 0.15) is 5.76 Å². The van der Waals surface area contributed by atoms with E-state index in [2.05, 4.69) is 25.9 Å². The summed E-state index contributed by atoms with van der Waals surface area (Å²) in [6.45, 7) is 8.47. The number of hydrogen-bond acceptors (Lipinski definition) is 2. The van der Waals surface area contributed by atoms with Gasteiger partial charge in [-0.1, -0.05) is 25.9 Å². The van der Waals surface area contributed by atoms with E-state index in [0.29, 0.717) is 11.8 Å². The van der Waals surface area contributed by atoms with Gasteiger partial charge in [0.05, 0.1) is 5.69 Å². The van der Waals surface area contributed by atoms with Gasteiger partial charge in [-0.3, -0.25) is 0 Å². The topological polar surface area (TPSA) is 26.0 Å². The third kappa shape index (κ3) is 1.82. The molecule has 0 spiro atoms. The Kier molecular flexibility index (Phi) is 2.32. The van der Waals surface area contributed by atoms with E-state index in [4.69, 9.17) is 4.52 Å². The lowest BCUT2D eigenvalue weighted by Gasteiger charge is -2.10. The van der Waals surface area contributed by atoms with Gasteiger partial charge in [-0.2, -0.15) is 0 Å². The molecule has 1 atom stereocenters. The molecule has 1 aromatic heterocycles. The number of nitrogens with zero attached hydrogens (tertiary/aromatic N) is 1. The van der Waals surface area contributed by atoms with E-state index in [0.717, 1.165) is 11.5 Å². The minimum absolute atomic E-state index is 0.469. The van der Waals surface area contributed by atoms with Gasteiger partial charge in [0.2, 0.25) is 0 Å². The smallest absolute Gasteiger partial charge is 0.140 e. The van der Waals surface area contributed by atoms with E-state index in [-0.39, 0.29) is 0 Å². The first-order valence-electron chi connectivity index (χ1n) is 4.04. The molecule has 0 bridgehead atoms. The standard InChI is InChI=1S/C9H15NO/c1-6(2)8(4)9-5-7(3)10-11-9/h5-6,8H,1-4H3/t8-/m0/s1. The molecular weight excluding hydrogens is 138 g/mol. The molecule has 1 heterocycles. The molecule has 0 aromatic carbocycles. The Morgan fingerprint density at radius 1 is 1.36 bits per heavy atom. The van der Waals surface area contributed by atoms with Gasteiger partial charge in [0.15, 0.2) is 0 Å². The van der Waals surface area contributed by atoms with E-state index in [1.807, 2.05) is 13.0 Å². The zero-order valence-electron chi connectivity index (χ0n) is 7.59. The molecule has 0 aliphatic heterocycles. The van der Waals surface area contributed by atoms with E-state index < -0.39 is 0 Å². The van der Waals surface area contributed by atoms with Crippen LogP contribution in [0, 0.1) is 12.8 Å². The van der Waals surface area contributed by atoms with Crippen molar-refractivity contribution in [3.63, 3.8) is 0 Å². The van der Waals surface area contributed by atoms with Crippen LogP contribution in [-0.2, 0) is 0 Å². The summed E-state index contributed by atoms with van der Waals surface area (Å²) in [4.78, 5) is 0. The Morgan fingerprint density at radius 3 is 2.36 bits per heavy atom. The van der Waals surface area contributed by atoms with Crippen molar-refractivity contribution in [3.05, 3.63) is 17.5 Å². The van der Waals surface area contributed by atoms with Gasteiger partial charge in [0.25, 0.3) is 0 Å². The Bertz CT molecular complexity index is 227. The zero-order valence-corrected chi connectivity index (χ0v) is 7.59. The molecular formula is C9H15NO. The average Bonchev–Trinajstić information content (AvgIpc) is 2.34. The highest BCUT2D eigenvalue weighted by Gasteiger charge is 2.13. The molecule has 2 heteroatoms. The maximum absolute atomic E-state index is 5.14. The molecule has 2 nitrogen and oxygen atoms in total. The van der Waals surface area contributed by atoms with Crippen molar-refractivity contribution in [2.75, 3.05) is 0 Å². The van der Waals surface area contributed by atoms with Crippen LogP contribution in [0.25, 0.3) is 0 Å². The molecule has 0 aliphatic carbocycles. The van der Waals surface area contributed by atoms with Gasteiger partial charge in [-0.05, 0) is 12.8 Å². The molecule has 0 amide bonds. The van der Waals surface area contributed by atoms with Crippen LogP contribution in [0.2, 0.25) is 0 Å². The van der Waals surface area contributed by atoms with Gasteiger partial charge in [-0.15, -0.1) is 0 Å². The lowest BCUT2D eigenvalue weighted by atomic mass is 9.95. The molecule has 0 saturated carbocycles. The van der Waals surface area contributed by atoms with Crippen molar-refractivity contribution in [2.24, 2.45) is 5.92 Å². The molecule has 11 heavy (non-hydrogen) atoms. The predicted octanol–water partition coefficient (Wildman–Crippen LogP) is 2.74. The van der Waals surface area contributed by atoms with Crippen molar-refractivity contribution < 1.29 is 4.52 Å². The molecule has 0 unspecified atom stereocenters. The minimum atomic E-state index is 0.469. The summed E-state index contributed by atoms with van der Waals surface area (Å²) in [6.07, 6.45) is 0. The summed E-state index contributed by atoms with van der Waals surface area (Å²) in [5.41, 5.74) is 0.965. The largest absolute Gasteiger partial charge is 0.361 e. The fourth-order valence-corrected chi connectivity index (χ4v) is 0.926. The first-order chi connectivity index (χ1) is 5.11. The van der Waals surface area contributed by atoms with Crippen LogP contribution in [0.15, 0.2) is 10.6 Å². The van der Waals surface area contributed by atoms with Crippen molar-refractivity contribution in [3.8, 4) is 0 Å². The summed E-state index contributed by atoms with van der Waals surface area (Å²) >= 11 is 0. The second-order valence-corrected chi connectivity index (χ2v) is 3.40. The molecule has 0 radical (unpaired) electrons. The molecule has 0 fully saturated rings. The van der Waals surface area contributed by atoms with Crippen LogP contribution >= 0.6 is 0 Å². The van der Waals surface area contributed by atoms with Crippen LogP contribution in [0.5, 0.6) is 0 Å². The minimum Gasteiger partial charge on any atom is -0.361 e. The van der Waals surface area contributed by atoms with Gasteiger partial charge in [0, 0.05) is 12.0 Å². The van der Waals surface area contributed by atoms with Crippen molar-refractivity contribution in [1.82, 2.24) is 5.16 Å². The maximum atomic E-state index is 5.14. The lowest BCUT2D eigenvalue weighted by molar-refractivity contribution is 0.337. The number of aromatic nitrogens is 1. The van der Waals surface area contributed by atoms with E-state index in [1.165, 1.54) is 0 Å². The fraction of sp³-hybridized carbons (Fsp3) is 0.667. The monoisotopic (exact) mass is 153 g/mol. The van der Waals surface area contributed by atoms with Gasteiger partial charge in [-0.25, -0.2) is 0 Å². The molecule has 0 aliphatic rings. The van der Waals surface area contributed by atoms with Gasteiger partial charge < -0.3 is 4.52 Å². The SMILES string of the molecule is Cc1cc([C@@H](C)C(C)C)on1. The quantitative estimate of drug-likeness (QED) is 0.653. The first-order valence-corrected chi connectivity index (χ1v) is 4.04. The van der Waals surface area contributed by atoms with Crippen molar-refractivity contribution in [2.45, 2.75) is 33.6 Å². The van der Waals surface area contributed by atoms with Crippen LogP contribution in [0.4, 0.5) is 0 Å². The maximum Gasteiger partial charge on any atom is 0.140 e. The second kappa shape index (κ2) is 3.07. The summed E-state index contributed by atoms with van der Waals surface area (Å²) in [7, 11) is 0. The average molecular weight is 153 g/mol. The van der Waals surface area contributed by atoms with Crippen LogP contribution in [0.3, 0.4) is 0 Å². The molecule has 1 aromatic rings. The molecule has 0 N–H and O–H groups in total. The summed E-state index contributed by atoms with van der Waals surface area (Å²) in [5, 5.41) is 3.85. The van der Waals surface area contributed by atoms with Crippen LogP contribution in [0.1, 0.15) is 38.1 Å². The van der Waals surface area contributed by atoms with Crippen molar-refractivity contribution in [1.29, 1.82) is 0 Å². The Balaban J connectivity index is 2.76. The Labute approximate surface area is 67.6 Å². The van der Waals surface area contributed by atoms with E-state index in [1.54, 1.807) is 0 Å². The van der Waals surface area contributed by atoms with Crippen LogP contribution in [-0.4, -0.2) is 5.16 Å². The highest BCUT2D eigenvalue weighted by molar-refractivity contribution is 5.07. The number of hydrogen-bond donors (Lipinski definition) is 0. The van der Waals surface area contributed by atoms with Gasteiger partial charge >= 0.3 is 0 Å². The third-order valence-corrected chi connectivity index (χ3v) is 2.09. The molecule has 1 rings (SSSR count). The summed E-state index contributed by atoms with van der Waals surface area (Å²) in [6, 6.07) is 2.00. The number of aryl methyl sites for hydroxylation is 1. The summed E-state index contributed by atoms with van der Waals surface area (Å²) in [5.74, 6) is 2.08. The highest BCUT2D eigenvalue weighted by Crippen LogP contribution is 2.23. The highest BCUT2D eigenvalue weighted by atomic mass is 16.5. The Morgan fingerprint density at radius 2 is 2.00 bits per heavy atom. The third-order valence-electron chi connectivity index (χ3n) is 2.09. The first kappa shape index (κ1) is 8.31. The van der Waals surface area contributed by atoms with Crippen molar-refractivity contribution >= 4 is 0 Å². The number of rotatable bonds is 2. The van der Waals surface area contributed by atoms with Crippen LogP contribution < -0.4 is 0 Å². The van der Waals surface area contributed by atoms with E-state index >= 15 is 0 Å². The predicted molar refractivity (Wildman–Crippen MR) is 44.5 cm³/mol. The molecule has 62 valence electrons. The normalized spacial score (nSPS) is 13.9. The lowest BCUT2D eigenvalue weighted by Crippen LogP contribution is -1.99. The zero-order chi connectivity index (χ0) is 8.43. The Hall–Kier alpha value is -0.790. The van der Waals surface area contributed by atoms with E-state index in [9.17, 15) is 0 Å².